The summed E-state index contributed by atoms with van der Waals surface area (Å²) in [7, 11) is 0. The first-order valence-electron chi connectivity index (χ1n) is 17.3. The standard InChI is InChI=1S/C48H31NO2/c1-3-14-32(15-4-1)36-18-7-9-20-38(36)34-26-28-42-46(30-34)50-47-31-35(39-21-10-8-19-37(39)33-16-5-2-6-17-33)27-29-43(47)49(42)44-24-13-23-41-40-22-11-12-25-45(40)51-48(41)44/h1-31H. The molecular weight excluding hydrogens is 623 g/mol. The van der Waals surface area contributed by atoms with E-state index in [1.807, 2.05) is 12.1 Å². The molecule has 9 aromatic rings. The van der Waals surface area contributed by atoms with Crippen LogP contribution in [0, 0.1) is 0 Å². The molecular formula is C48H31NO2. The fraction of sp³-hybridized carbons (Fsp3) is 0. The maximum Gasteiger partial charge on any atom is 0.159 e. The summed E-state index contributed by atoms with van der Waals surface area (Å²) in [5.41, 5.74) is 13.8. The van der Waals surface area contributed by atoms with Crippen LogP contribution in [0.1, 0.15) is 0 Å². The highest BCUT2D eigenvalue weighted by Crippen LogP contribution is 2.54. The van der Waals surface area contributed by atoms with Gasteiger partial charge < -0.3 is 9.15 Å². The van der Waals surface area contributed by atoms with Gasteiger partial charge in [-0.1, -0.05) is 152 Å². The van der Waals surface area contributed by atoms with Crippen LogP contribution >= 0.6 is 0 Å². The van der Waals surface area contributed by atoms with Crippen molar-refractivity contribution in [1.29, 1.82) is 0 Å². The van der Waals surface area contributed by atoms with Crippen molar-refractivity contribution in [3.05, 3.63) is 188 Å². The minimum atomic E-state index is 0.782. The number of anilines is 3. The Morgan fingerprint density at radius 3 is 1.37 bits per heavy atom. The maximum absolute atomic E-state index is 6.94. The van der Waals surface area contributed by atoms with E-state index >= 15 is 0 Å². The number of benzene rings is 8. The molecule has 0 saturated carbocycles. The molecule has 0 radical (unpaired) electrons. The topological polar surface area (TPSA) is 25.6 Å². The third kappa shape index (κ3) is 4.90. The third-order valence-corrected chi connectivity index (χ3v) is 9.89. The lowest BCUT2D eigenvalue weighted by Gasteiger charge is -2.33. The summed E-state index contributed by atoms with van der Waals surface area (Å²) in [6.07, 6.45) is 0. The number of hydrogen-bond donors (Lipinski definition) is 0. The van der Waals surface area contributed by atoms with Gasteiger partial charge in [0, 0.05) is 10.8 Å². The molecule has 240 valence electrons. The average molecular weight is 654 g/mol. The molecule has 0 amide bonds. The van der Waals surface area contributed by atoms with Crippen molar-refractivity contribution in [2.24, 2.45) is 0 Å². The summed E-state index contributed by atoms with van der Waals surface area (Å²) in [5, 5.41) is 2.18. The van der Waals surface area contributed by atoms with Gasteiger partial charge in [-0.05, 0) is 80.9 Å². The first-order chi connectivity index (χ1) is 25.3. The second-order valence-corrected chi connectivity index (χ2v) is 12.9. The summed E-state index contributed by atoms with van der Waals surface area (Å²) >= 11 is 0. The fourth-order valence-corrected chi connectivity index (χ4v) is 7.52. The van der Waals surface area contributed by atoms with Gasteiger partial charge in [-0.25, -0.2) is 0 Å². The summed E-state index contributed by atoms with van der Waals surface area (Å²) in [6.45, 7) is 0. The highest BCUT2D eigenvalue weighted by Gasteiger charge is 2.29. The van der Waals surface area contributed by atoms with Gasteiger partial charge >= 0.3 is 0 Å². The highest BCUT2D eigenvalue weighted by molar-refractivity contribution is 6.11. The van der Waals surface area contributed by atoms with Crippen LogP contribution in [0.2, 0.25) is 0 Å². The lowest BCUT2D eigenvalue weighted by atomic mass is 9.93. The molecule has 1 aromatic heterocycles. The number of ether oxygens (including phenoxy) is 1. The number of hydrogen-bond acceptors (Lipinski definition) is 3. The molecule has 0 bridgehead atoms. The Morgan fingerprint density at radius 1 is 0.333 bits per heavy atom. The number of rotatable bonds is 5. The van der Waals surface area contributed by atoms with Gasteiger partial charge in [-0.2, -0.15) is 0 Å². The monoisotopic (exact) mass is 653 g/mol. The summed E-state index contributed by atoms with van der Waals surface area (Å²) in [4.78, 5) is 2.29. The lowest BCUT2D eigenvalue weighted by Crippen LogP contribution is -2.16. The zero-order valence-electron chi connectivity index (χ0n) is 27.7. The van der Waals surface area contributed by atoms with Crippen LogP contribution in [0.25, 0.3) is 66.4 Å². The van der Waals surface area contributed by atoms with Gasteiger partial charge in [0.05, 0.1) is 17.1 Å². The van der Waals surface area contributed by atoms with Gasteiger partial charge in [0.25, 0.3) is 0 Å². The first-order valence-corrected chi connectivity index (χ1v) is 17.3. The van der Waals surface area contributed by atoms with Crippen LogP contribution in [0.4, 0.5) is 17.1 Å². The minimum Gasteiger partial charge on any atom is -0.454 e. The van der Waals surface area contributed by atoms with Crippen molar-refractivity contribution in [3.63, 3.8) is 0 Å². The van der Waals surface area contributed by atoms with Crippen molar-refractivity contribution in [2.75, 3.05) is 4.90 Å². The Bertz CT molecular complexity index is 2600. The molecule has 3 heteroatoms. The zero-order valence-corrected chi connectivity index (χ0v) is 27.7. The smallest absolute Gasteiger partial charge is 0.159 e. The van der Waals surface area contributed by atoms with Crippen LogP contribution in [0.15, 0.2) is 192 Å². The molecule has 1 aliphatic rings. The molecule has 51 heavy (non-hydrogen) atoms. The Labute approximate surface area is 296 Å². The van der Waals surface area contributed by atoms with Gasteiger partial charge in [0.2, 0.25) is 0 Å². The van der Waals surface area contributed by atoms with E-state index in [2.05, 4.69) is 181 Å². The molecule has 0 fully saturated rings. The van der Waals surface area contributed by atoms with Gasteiger partial charge in [0.15, 0.2) is 17.1 Å². The fourth-order valence-electron chi connectivity index (χ4n) is 7.52. The summed E-state index contributed by atoms with van der Waals surface area (Å²) in [5.74, 6) is 1.56. The number of nitrogens with zero attached hydrogens (tertiary/aromatic N) is 1. The van der Waals surface area contributed by atoms with Crippen LogP contribution < -0.4 is 9.64 Å². The van der Waals surface area contributed by atoms with Crippen LogP contribution in [0.5, 0.6) is 11.5 Å². The van der Waals surface area contributed by atoms with Gasteiger partial charge in [-0.3, -0.25) is 4.90 Å². The SMILES string of the molecule is c1ccc(-c2ccccc2-c2ccc3c(c2)Oc2cc(-c4ccccc4-c4ccccc4)ccc2N3c2cccc3c2oc2ccccc23)cc1. The normalized spacial score (nSPS) is 12.0. The first kappa shape index (κ1) is 29.1. The van der Waals surface area contributed by atoms with E-state index in [4.69, 9.17) is 9.15 Å². The second kappa shape index (κ2) is 11.9. The molecule has 3 nitrogen and oxygen atoms in total. The summed E-state index contributed by atoms with van der Waals surface area (Å²) in [6, 6.07) is 66.0. The van der Waals surface area contributed by atoms with E-state index in [0.29, 0.717) is 0 Å². The van der Waals surface area contributed by atoms with Crippen molar-refractivity contribution in [1.82, 2.24) is 0 Å². The van der Waals surface area contributed by atoms with E-state index in [1.165, 1.54) is 22.3 Å². The van der Waals surface area contributed by atoms with Crippen molar-refractivity contribution < 1.29 is 9.15 Å². The average Bonchev–Trinajstić information content (AvgIpc) is 3.59. The van der Waals surface area contributed by atoms with E-state index < -0.39 is 0 Å². The molecule has 8 aromatic carbocycles. The minimum absolute atomic E-state index is 0.782. The Balaban J connectivity index is 1.18. The van der Waals surface area contributed by atoms with E-state index in [-0.39, 0.29) is 0 Å². The molecule has 0 saturated heterocycles. The lowest BCUT2D eigenvalue weighted by molar-refractivity contribution is 0.477. The van der Waals surface area contributed by atoms with Crippen molar-refractivity contribution >= 4 is 39.0 Å². The molecule has 0 spiro atoms. The van der Waals surface area contributed by atoms with Crippen LogP contribution in [-0.4, -0.2) is 0 Å². The molecule has 0 aliphatic carbocycles. The third-order valence-electron chi connectivity index (χ3n) is 9.89. The molecule has 2 heterocycles. The Hall–Kier alpha value is -6.84. The van der Waals surface area contributed by atoms with Crippen molar-refractivity contribution in [3.8, 4) is 56.0 Å². The van der Waals surface area contributed by atoms with Crippen LogP contribution in [-0.2, 0) is 0 Å². The second-order valence-electron chi connectivity index (χ2n) is 12.9. The molecule has 0 unspecified atom stereocenters. The van der Waals surface area contributed by atoms with Crippen molar-refractivity contribution in [2.45, 2.75) is 0 Å². The van der Waals surface area contributed by atoms with Gasteiger partial charge in [-0.15, -0.1) is 0 Å². The molecule has 0 N–H and O–H groups in total. The zero-order chi connectivity index (χ0) is 33.7. The number of para-hydroxylation sites is 2. The molecule has 0 atom stereocenters. The maximum atomic E-state index is 6.94. The largest absolute Gasteiger partial charge is 0.454 e. The Kier molecular flexibility index (Phi) is 6.81. The predicted octanol–water partition coefficient (Wildman–Crippen LogP) is 13.8. The molecule has 10 rings (SSSR count). The Morgan fingerprint density at radius 2 is 0.804 bits per heavy atom. The summed E-state index contributed by atoms with van der Waals surface area (Å²) < 4.78 is 13.5. The van der Waals surface area contributed by atoms with E-state index in [1.54, 1.807) is 0 Å². The number of furan rings is 1. The number of fused-ring (bicyclic) bond motifs is 5. The van der Waals surface area contributed by atoms with E-state index in [9.17, 15) is 0 Å². The van der Waals surface area contributed by atoms with E-state index in [0.717, 1.165) is 72.8 Å². The highest BCUT2D eigenvalue weighted by atomic mass is 16.5. The quantitative estimate of drug-likeness (QED) is 0.185. The molecule has 1 aliphatic heterocycles. The predicted molar refractivity (Wildman–Crippen MR) is 210 cm³/mol. The van der Waals surface area contributed by atoms with Crippen LogP contribution in [0.3, 0.4) is 0 Å². The van der Waals surface area contributed by atoms with Gasteiger partial charge in [0.1, 0.15) is 5.58 Å².